The standard InChI is InChI=1S/C11H18N4S/c1-8-6-9(2)16-11(14-8)13-7-10-12-4-5-15(10)3/h4-5,8-9H,6-7H2,1-3H3,(H,13,14). The van der Waals surface area contributed by atoms with Gasteiger partial charge in [-0.25, -0.2) is 4.98 Å². The van der Waals surface area contributed by atoms with Crippen molar-refractivity contribution in [1.29, 1.82) is 0 Å². The van der Waals surface area contributed by atoms with Crippen LogP contribution in [0, 0.1) is 0 Å². The number of aliphatic imine (C=N–C) groups is 1. The smallest absolute Gasteiger partial charge is 0.157 e. The Morgan fingerprint density at radius 3 is 3.06 bits per heavy atom. The van der Waals surface area contributed by atoms with Crippen LogP contribution in [0.5, 0.6) is 0 Å². The topological polar surface area (TPSA) is 42.2 Å². The number of nitrogens with zero attached hydrogens (tertiary/aromatic N) is 3. The molecule has 4 nitrogen and oxygen atoms in total. The Kier molecular flexibility index (Phi) is 3.53. The molecule has 2 atom stereocenters. The molecule has 0 saturated carbocycles. The van der Waals surface area contributed by atoms with Crippen LogP contribution < -0.4 is 5.32 Å². The zero-order chi connectivity index (χ0) is 11.5. The Morgan fingerprint density at radius 2 is 2.44 bits per heavy atom. The van der Waals surface area contributed by atoms with Crippen LogP contribution >= 0.6 is 11.8 Å². The monoisotopic (exact) mass is 238 g/mol. The largest absolute Gasteiger partial charge is 0.362 e. The highest BCUT2D eigenvalue weighted by atomic mass is 32.2. The van der Waals surface area contributed by atoms with Gasteiger partial charge in [-0.3, -0.25) is 4.99 Å². The molecule has 0 spiro atoms. The average Bonchev–Trinajstić information content (AvgIpc) is 2.59. The maximum absolute atomic E-state index is 4.57. The second-order valence-electron chi connectivity index (χ2n) is 4.29. The number of aryl methyl sites for hydroxylation is 1. The summed E-state index contributed by atoms with van der Waals surface area (Å²) in [6.45, 7) is 5.10. The van der Waals surface area contributed by atoms with Gasteiger partial charge in [0.25, 0.3) is 0 Å². The molecule has 1 fully saturated rings. The molecule has 0 amide bonds. The van der Waals surface area contributed by atoms with E-state index in [0.717, 1.165) is 11.0 Å². The molecule has 2 heterocycles. The van der Waals surface area contributed by atoms with E-state index in [-0.39, 0.29) is 0 Å². The highest BCUT2D eigenvalue weighted by Gasteiger charge is 2.19. The molecule has 16 heavy (non-hydrogen) atoms. The summed E-state index contributed by atoms with van der Waals surface area (Å²) < 4.78 is 2.00. The van der Waals surface area contributed by atoms with E-state index in [0.29, 0.717) is 17.8 Å². The molecule has 1 aromatic heterocycles. The number of nitrogens with one attached hydrogen (secondary N) is 1. The zero-order valence-electron chi connectivity index (χ0n) is 9.97. The Balaban J connectivity index is 1.99. The summed E-state index contributed by atoms with van der Waals surface area (Å²) in [6.07, 6.45) is 4.95. The fourth-order valence-electron chi connectivity index (χ4n) is 1.81. The maximum Gasteiger partial charge on any atom is 0.157 e. The van der Waals surface area contributed by atoms with Crippen molar-refractivity contribution in [3.05, 3.63) is 18.2 Å². The zero-order valence-corrected chi connectivity index (χ0v) is 10.8. The van der Waals surface area contributed by atoms with Gasteiger partial charge in [0.05, 0.1) is 6.54 Å². The molecule has 5 heteroatoms. The van der Waals surface area contributed by atoms with E-state index in [4.69, 9.17) is 0 Å². The van der Waals surface area contributed by atoms with Crippen LogP contribution in [-0.4, -0.2) is 26.0 Å². The number of hydrogen-bond donors (Lipinski definition) is 1. The molecule has 1 saturated heterocycles. The molecule has 88 valence electrons. The van der Waals surface area contributed by atoms with Crippen LogP contribution in [0.1, 0.15) is 26.1 Å². The normalized spacial score (nSPS) is 28.1. The fraction of sp³-hybridized carbons (Fsp3) is 0.636. The van der Waals surface area contributed by atoms with Crippen molar-refractivity contribution >= 4 is 16.9 Å². The van der Waals surface area contributed by atoms with Gasteiger partial charge in [0.2, 0.25) is 0 Å². The van der Waals surface area contributed by atoms with E-state index >= 15 is 0 Å². The summed E-state index contributed by atoms with van der Waals surface area (Å²) in [6, 6.07) is 0.524. The van der Waals surface area contributed by atoms with Crippen LogP contribution in [0.2, 0.25) is 0 Å². The summed E-state index contributed by atoms with van der Waals surface area (Å²) in [7, 11) is 2.00. The molecular formula is C11H18N4S. The summed E-state index contributed by atoms with van der Waals surface area (Å²) >= 11 is 1.82. The lowest BCUT2D eigenvalue weighted by Gasteiger charge is -2.26. The summed E-state index contributed by atoms with van der Waals surface area (Å²) in [5.41, 5.74) is 0. The molecule has 1 N–H and O–H groups in total. The highest BCUT2D eigenvalue weighted by Crippen LogP contribution is 2.22. The maximum atomic E-state index is 4.57. The van der Waals surface area contributed by atoms with E-state index in [1.54, 1.807) is 0 Å². The van der Waals surface area contributed by atoms with E-state index in [1.165, 1.54) is 6.42 Å². The van der Waals surface area contributed by atoms with Crippen molar-refractivity contribution in [2.75, 3.05) is 0 Å². The minimum absolute atomic E-state index is 0.524. The van der Waals surface area contributed by atoms with Gasteiger partial charge >= 0.3 is 0 Å². The van der Waals surface area contributed by atoms with Gasteiger partial charge in [0.1, 0.15) is 5.82 Å². The molecule has 2 unspecified atom stereocenters. The van der Waals surface area contributed by atoms with Gasteiger partial charge in [-0.15, -0.1) is 0 Å². The molecule has 1 aliphatic rings. The molecule has 1 aliphatic heterocycles. The van der Waals surface area contributed by atoms with E-state index in [2.05, 4.69) is 29.1 Å². The molecule has 0 aromatic carbocycles. The Morgan fingerprint density at radius 1 is 1.62 bits per heavy atom. The lowest BCUT2D eigenvalue weighted by Crippen LogP contribution is -2.38. The SMILES string of the molecule is CC1CC(C)SC(=NCc2nccn2C)N1. The van der Waals surface area contributed by atoms with Crippen LogP contribution in [0.25, 0.3) is 0 Å². The first-order valence-corrected chi connectivity index (χ1v) is 6.47. The summed E-state index contributed by atoms with van der Waals surface area (Å²) in [4.78, 5) is 8.83. The van der Waals surface area contributed by atoms with E-state index in [1.807, 2.05) is 35.8 Å². The van der Waals surface area contributed by atoms with Gasteiger partial charge in [-0.2, -0.15) is 0 Å². The Labute approximate surface area is 101 Å². The van der Waals surface area contributed by atoms with Crippen molar-refractivity contribution in [3.63, 3.8) is 0 Å². The van der Waals surface area contributed by atoms with Crippen LogP contribution in [-0.2, 0) is 13.6 Å². The third-order valence-electron chi connectivity index (χ3n) is 2.65. The summed E-state index contributed by atoms with van der Waals surface area (Å²) in [5.74, 6) is 1.00. The number of amidine groups is 1. The van der Waals surface area contributed by atoms with Gasteiger partial charge < -0.3 is 9.88 Å². The molecule has 0 radical (unpaired) electrons. The molecule has 2 rings (SSSR count). The highest BCUT2D eigenvalue weighted by molar-refractivity contribution is 8.14. The van der Waals surface area contributed by atoms with Crippen molar-refractivity contribution in [1.82, 2.24) is 14.9 Å². The predicted molar refractivity (Wildman–Crippen MR) is 68.6 cm³/mol. The second kappa shape index (κ2) is 4.91. The number of rotatable bonds is 2. The first-order valence-electron chi connectivity index (χ1n) is 5.59. The average molecular weight is 238 g/mol. The Hall–Kier alpha value is -0.970. The van der Waals surface area contributed by atoms with Crippen molar-refractivity contribution in [2.24, 2.45) is 12.0 Å². The second-order valence-corrected chi connectivity index (χ2v) is 5.71. The predicted octanol–water partition coefficient (Wildman–Crippen LogP) is 1.78. The number of thioether (sulfide) groups is 1. The third-order valence-corrected chi connectivity index (χ3v) is 3.72. The van der Waals surface area contributed by atoms with Gasteiger partial charge in [-0.05, 0) is 13.3 Å². The molecular weight excluding hydrogens is 220 g/mol. The van der Waals surface area contributed by atoms with Crippen molar-refractivity contribution in [3.8, 4) is 0 Å². The van der Waals surface area contributed by atoms with Crippen molar-refractivity contribution in [2.45, 2.75) is 38.1 Å². The first-order chi connectivity index (χ1) is 7.65. The van der Waals surface area contributed by atoms with E-state index < -0.39 is 0 Å². The van der Waals surface area contributed by atoms with Crippen LogP contribution in [0.4, 0.5) is 0 Å². The quantitative estimate of drug-likeness (QED) is 0.854. The first kappa shape index (κ1) is 11.5. The number of aromatic nitrogens is 2. The van der Waals surface area contributed by atoms with Gasteiger partial charge in [0.15, 0.2) is 5.17 Å². The number of imidazole rings is 1. The summed E-state index contributed by atoms with van der Waals surface area (Å²) in [5, 5.41) is 5.10. The lowest BCUT2D eigenvalue weighted by molar-refractivity contribution is 0.597. The lowest BCUT2D eigenvalue weighted by atomic mass is 10.2. The third kappa shape index (κ3) is 2.78. The van der Waals surface area contributed by atoms with Gasteiger partial charge in [-0.1, -0.05) is 18.7 Å². The Bertz CT molecular complexity index is 373. The molecule has 1 aromatic rings. The number of hydrogen-bond acceptors (Lipinski definition) is 3. The van der Waals surface area contributed by atoms with Crippen LogP contribution in [0.15, 0.2) is 17.4 Å². The molecule has 0 aliphatic carbocycles. The van der Waals surface area contributed by atoms with Crippen LogP contribution in [0.3, 0.4) is 0 Å². The van der Waals surface area contributed by atoms with Gasteiger partial charge in [0, 0.05) is 30.7 Å². The molecule has 0 bridgehead atoms. The van der Waals surface area contributed by atoms with Crippen molar-refractivity contribution < 1.29 is 0 Å². The minimum atomic E-state index is 0.524. The van der Waals surface area contributed by atoms with E-state index in [9.17, 15) is 0 Å². The minimum Gasteiger partial charge on any atom is -0.362 e. The fourth-order valence-corrected chi connectivity index (χ4v) is 2.99.